The number of carbonyl (C=O) groups is 2. The summed E-state index contributed by atoms with van der Waals surface area (Å²) in [6, 6.07) is -0.235. The molecule has 6 nitrogen and oxygen atoms in total. The molecule has 118 valence electrons. The van der Waals surface area contributed by atoms with Crippen LogP contribution in [0.5, 0.6) is 0 Å². The van der Waals surface area contributed by atoms with Crippen LogP contribution in [0.15, 0.2) is 9.98 Å². The number of nitrogens with zero attached hydrogens (tertiary/aromatic N) is 2. The third-order valence-corrected chi connectivity index (χ3v) is 3.48. The third-order valence-electron chi connectivity index (χ3n) is 3.48. The number of methoxy groups -OCH3 is 2. The minimum Gasteiger partial charge on any atom is -0.483 e. The monoisotopic (exact) mass is 296 g/mol. The van der Waals surface area contributed by atoms with Crippen molar-refractivity contribution in [3.63, 3.8) is 0 Å². The Morgan fingerprint density at radius 3 is 2.48 bits per heavy atom. The fourth-order valence-electron chi connectivity index (χ4n) is 2.55. The Morgan fingerprint density at radius 1 is 1.38 bits per heavy atom. The molecule has 0 radical (unpaired) electrons. The van der Waals surface area contributed by atoms with E-state index in [1.54, 1.807) is 7.11 Å². The molecule has 1 heterocycles. The molecule has 0 aromatic rings. The predicted octanol–water partition coefficient (Wildman–Crippen LogP) is 1.81. The van der Waals surface area contributed by atoms with Gasteiger partial charge in [0.2, 0.25) is 11.8 Å². The Bertz CT molecular complexity index is 457. The molecule has 0 saturated carbocycles. The Labute approximate surface area is 125 Å². The molecular formula is C15H24N2O4. The summed E-state index contributed by atoms with van der Waals surface area (Å²) in [5.74, 6) is 1.04. The van der Waals surface area contributed by atoms with Gasteiger partial charge in [-0.2, -0.15) is 0 Å². The van der Waals surface area contributed by atoms with E-state index in [0.717, 1.165) is 6.29 Å². The van der Waals surface area contributed by atoms with Crippen molar-refractivity contribution < 1.29 is 19.1 Å². The fraction of sp³-hybridized carbons (Fsp3) is 0.733. The van der Waals surface area contributed by atoms with Crippen LogP contribution < -0.4 is 0 Å². The molecule has 1 aliphatic heterocycles. The first-order valence-corrected chi connectivity index (χ1v) is 7.09. The number of carbonyl (C=O) groups excluding carboxylic acids is 2. The van der Waals surface area contributed by atoms with Crippen LogP contribution in [0.1, 0.15) is 40.0 Å². The highest BCUT2D eigenvalue weighted by Gasteiger charge is 2.44. The molecule has 0 aromatic carbocycles. The number of aliphatic imine (C=N–C) groups is 2. The molecule has 0 saturated heterocycles. The number of Topliss-reactive ketones (excluding diaryl/α,β-unsaturated/α-hetero) is 1. The Balaban J connectivity index is 3.30. The minimum atomic E-state index is -0.932. The van der Waals surface area contributed by atoms with Crippen molar-refractivity contribution in [2.45, 2.75) is 51.6 Å². The average molecular weight is 296 g/mol. The van der Waals surface area contributed by atoms with Crippen LogP contribution in [0.2, 0.25) is 0 Å². The molecule has 0 amide bonds. The number of ether oxygens (including phenoxy) is 2. The summed E-state index contributed by atoms with van der Waals surface area (Å²) >= 11 is 0. The second-order valence-electron chi connectivity index (χ2n) is 5.60. The summed E-state index contributed by atoms with van der Waals surface area (Å²) in [7, 11) is 3.05. The number of rotatable bonds is 6. The molecule has 0 N–H and O–H groups in total. The number of hydrogen-bond acceptors (Lipinski definition) is 6. The zero-order valence-corrected chi connectivity index (χ0v) is 13.4. The normalized spacial score (nSPS) is 25.1. The van der Waals surface area contributed by atoms with Crippen LogP contribution in [0.4, 0.5) is 0 Å². The summed E-state index contributed by atoms with van der Waals surface area (Å²) in [5, 5.41) is 0. The van der Waals surface area contributed by atoms with E-state index in [1.807, 2.05) is 13.8 Å². The van der Waals surface area contributed by atoms with Gasteiger partial charge in [0.15, 0.2) is 0 Å². The van der Waals surface area contributed by atoms with E-state index >= 15 is 0 Å². The molecular weight excluding hydrogens is 272 g/mol. The van der Waals surface area contributed by atoms with Crippen molar-refractivity contribution in [1.82, 2.24) is 0 Å². The van der Waals surface area contributed by atoms with Gasteiger partial charge < -0.3 is 14.3 Å². The molecule has 2 atom stereocenters. The zero-order chi connectivity index (χ0) is 16.0. The van der Waals surface area contributed by atoms with Gasteiger partial charge in [-0.1, -0.05) is 13.8 Å². The lowest BCUT2D eigenvalue weighted by atomic mass is 9.86. The maximum Gasteiger partial charge on any atom is 0.213 e. The van der Waals surface area contributed by atoms with Gasteiger partial charge in [-0.15, -0.1) is 0 Å². The van der Waals surface area contributed by atoms with E-state index in [0.29, 0.717) is 18.2 Å². The van der Waals surface area contributed by atoms with Crippen LogP contribution in [0.25, 0.3) is 0 Å². The third kappa shape index (κ3) is 3.89. The van der Waals surface area contributed by atoms with Crippen LogP contribution >= 0.6 is 0 Å². The van der Waals surface area contributed by atoms with Crippen molar-refractivity contribution in [3.05, 3.63) is 0 Å². The maximum absolute atomic E-state index is 11.6. The van der Waals surface area contributed by atoms with Crippen molar-refractivity contribution in [2.24, 2.45) is 15.9 Å². The lowest BCUT2D eigenvalue weighted by molar-refractivity contribution is -0.118. The van der Waals surface area contributed by atoms with Crippen molar-refractivity contribution in [2.75, 3.05) is 14.2 Å². The van der Waals surface area contributed by atoms with Gasteiger partial charge in [-0.25, -0.2) is 9.98 Å². The highest BCUT2D eigenvalue weighted by atomic mass is 16.5. The van der Waals surface area contributed by atoms with E-state index in [-0.39, 0.29) is 30.6 Å². The first-order valence-electron chi connectivity index (χ1n) is 7.09. The number of hydrogen-bond donors (Lipinski definition) is 0. The van der Waals surface area contributed by atoms with E-state index in [4.69, 9.17) is 9.47 Å². The highest BCUT2D eigenvalue weighted by molar-refractivity contribution is 5.99. The lowest BCUT2D eigenvalue weighted by Crippen LogP contribution is -2.47. The molecule has 1 rings (SSSR count). The molecule has 0 fully saturated rings. The minimum absolute atomic E-state index is 0.0344. The molecule has 1 aliphatic rings. The van der Waals surface area contributed by atoms with Crippen LogP contribution in [0, 0.1) is 5.92 Å². The molecule has 0 aromatic heterocycles. The zero-order valence-electron chi connectivity index (χ0n) is 13.4. The Kier molecular flexibility index (Phi) is 6.05. The van der Waals surface area contributed by atoms with Gasteiger partial charge >= 0.3 is 0 Å². The van der Waals surface area contributed by atoms with Crippen LogP contribution in [0.3, 0.4) is 0 Å². The first kappa shape index (κ1) is 17.3. The van der Waals surface area contributed by atoms with Gasteiger partial charge in [0.05, 0.1) is 14.2 Å². The SMILES string of the molecule is COC1=N[C@@](CCC=O)(CC(C)=O)C(OC)=N[C@@H]1C(C)C. The molecule has 0 unspecified atom stereocenters. The standard InChI is InChI=1S/C15H24N2O4/c1-10(2)12-13(20-4)17-15(7-6-8-18,9-11(3)19)14(16-12)21-5/h8,10,12H,6-7,9H2,1-5H3/t12-,15+/m1/s1. The van der Waals surface area contributed by atoms with Gasteiger partial charge in [0.1, 0.15) is 23.7 Å². The fourth-order valence-corrected chi connectivity index (χ4v) is 2.55. The summed E-state index contributed by atoms with van der Waals surface area (Å²) in [4.78, 5) is 31.6. The lowest BCUT2D eigenvalue weighted by Gasteiger charge is -2.35. The summed E-state index contributed by atoms with van der Waals surface area (Å²) in [5.41, 5.74) is -0.932. The van der Waals surface area contributed by atoms with E-state index in [2.05, 4.69) is 9.98 Å². The average Bonchev–Trinajstić information content (AvgIpc) is 2.43. The van der Waals surface area contributed by atoms with Crippen molar-refractivity contribution in [1.29, 1.82) is 0 Å². The summed E-state index contributed by atoms with van der Waals surface area (Å²) < 4.78 is 10.8. The summed E-state index contributed by atoms with van der Waals surface area (Å²) in [6.45, 7) is 5.52. The van der Waals surface area contributed by atoms with Gasteiger partial charge in [-0.05, 0) is 19.3 Å². The number of aldehydes is 1. The van der Waals surface area contributed by atoms with E-state index in [9.17, 15) is 9.59 Å². The molecule has 21 heavy (non-hydrogen) atoms. The van der Waals surface area contributed by atoms with E-state index in [1.165, 1.54) is 14.0 Å². The molecule has 0 aliphatic carbocycles. The molecule has 0 spiro atoms. The van der Waals surface area contributed by atoms with E-state index < -0.39 is 5.54 Å². The quantitative estimate of drug-likeness (QED) is 0.700. The Morgan fingerprint density at radius 2 is 2.05 bits per heavy atom. The molecule has 0 bridgehead atoms. The second-order valence-corrected chi connectivity index (χ2v) is 5.60. The van der Waals surface area contributed by atoms with Gasteiger partial charge in [0.25, 0.3) is 0 Å². The van der Waals surface area contributed by atoms with Crippen LogP contribution in [-0.4, -0.2) is 49.7 Å². The molecule has 6 heteroatoms. The maximum atomic E-state index is 11.6. The van der Waals surface area contributed by atoms with Gasteiger partial charge in [0, 0.05) is 12.8 Å². The largest absolute Gasteiger partial charge is 0.483 e. The summed E-state index contributed by atoms with van der Waals surface area (Å²) in [6.07, 6.45) is 1.61. The van der Waals surface area contributed by atoms with Crippen LogP contribution in [-0.2, 0) is 19.1 Å². The Hall–Kier alpha value is -1.72. The number of ketones is 1. The highest BCUT2D eigenvalue weighted by Crippen LogP contribution is 2.31. The second kappa shape index (κ2) is 7.33. The predicted molar refractivity (Wildman–Crippen MR) is 80.8 cm³/mol. The topological polar surface area (TPSA) is 77.3 Å². The smallest absolute Gasteiger partial charge is 0.213 e. The first-order chi connectivity index (χ1) is 9.90. The van der Waals surface area contributed by atoms with Crippen molar-refractivity contribution in [3.8, 4) is 0 Å². The van der Waals surface area contributed by atoms with Gasteiger partial charge in [-0.3, -0.25) is 4.79 Å². The van der Waals surface area contributed by atoms with Crippen molar-refractivity contribution >= 4 is 23.9 Å².